The first-order chi connectivity index (χ1) is 6.77. The Balaban J connectivity index is 2.32. The maximum Gasteiger partial charge on any atom is 0.0208 e. The van der Waals surface area contributed by atoms with E-state index in [2.05, 4.69) is 37.4 Å². The largest absolute Gasteiger partial charge is 0.313 e. The minimum atomic E-state index is 0.642. The zero-order chi connectivity index (χ0) is 9.97. The van der Waals surface area contributed by atoms with Crippen molar-refractivity contribution in [1.29, 1.82) is 0 Å². The fraction of sp³-hybridized carbons (Fsp3) is 0.538. The van der Waals surface area contributed by atoms with Crippen molar-refractivity contribution >= 4 is 0 Å². The summed E-state index contributed by atoms with van der Waals surface area (Å²) in [4.78, 5) is 0. The van der Waals surface area contributed by atoms with E-state index in [0.29, 0.717) is 5.92 Å². The maximum absolute atomic E-state index is 3.47. The molecule has 0 aromatic heterocycles. The summed E-state index contributed by atoms with van der Waals surface area (Å²) < 4.78 is 0. The Morgan fingerprint density at radius 1 is 1.21 bits per heavy atom. The molecule has 76 valence electrons. The van der Waals surface area contributed by atoms with Gasteiger partial charge in [0, 0.05) is 6.54 Å². The number of fused-ring (bicyclic) bond motifs is 1. The second-order valence-electron chi connectivity index (χ2n) is 4.46. The van der Waals surface area contributed by atoms with E-state index in [9.17, 15) is 0 Å². The van der Waals surface area contributed by atoms with Gasteiger partial charge in [0.25, 0.3) is 0 Å². The van der Waals surface area contributed by atoms with Crippen LogP contribution in [0, 0.1) is 0 Å². The van der Waals surface area contributed by atoms with Crippen LogP contribution in [0.25, 0.3) is 0 Å². The molecule has 2 rings (SSSR count). The third-order valence-electron chi connectivity index (χ3n) is 3.01. The third-order valence-corrected chi connectivity index (χ3v) is 3.01. The molecule has 1 N–H and O–H groups in total. The van der Waals surface area contributed by atoms with Crippen molar-refractivity contribution in [2.75, 3.05) is 6.54 Å². The van der Waals surface area contributed by atoms with Crippen LogP contribution in [-0.2, 0) is 13.0 Å². The number of hydrogen-bond acceptors (Lipinski definition) is 1. The lowest BCUT2D eigenvalue weighted by molar-refractivity contribution is 0.680. The van der Waals surface area contributed by atoms with Crippen LogP contribution >= 0.6 is 0 Å². The molecule has 1 aliphatic heterocycles. The molecule has 1 aromatic carbocycles. The van der Waals surface area contributed by atoms with Crippen LogP contribution in [0.1, 0.15) is 42.9 Å². The number of benzene rings is 1. The van der Waals surface area contributed by atoms with E-state index >= 15 is 0 Å². The van der Waals surface area contributed by atoms with Gasteiger partial charge in [0.1, 0.15) is 0 Å². The van der Waals surface area contributed by atoms with Gasteiger partial charge in [-0.3, -0.25) is 0 Å². The molecule has 1 heterocycles. The lowest BCUT2D eigenvalue weighted by Gasteiger charge is -2.10. The van der Waals surface area contributed by atoms with E-state index in [-0.39, 0.29) is 0 Å². The van der Waals surface area contributed by atoms with Gasteiger partial charge in [0.15, 0.2) is 0 Å². The third kappa shape index (κ3) is 1.98. The van der Waals surface area contributed by atoms with Crippen molar-refractivity contribution in [3.05, 3.63) is 34.9 Å². The molecule has 0 aliphatic carbocycles. The zero-order valence-corrected chi connectivity index (χ0v) is 9.14. The highest BCUT2D eigenvalue weighted by molar-refractivity contribution is 5.34. The van der Waals surface area contributed by atoms with Crippen LogP contribution in [0.5, 0.6) is 0 Å². The first-order valence-corrected chi connectivity index (χ1v) is 5.60. The summed E-state index contributed by atoms with van der Waals surface area (Å²) in [6, 6.07) is 6.98. The number of aryl methyl sites for hydroxylation is 1. The van der Waals surface area contributed by atoms with Gasteiger partial charge in [-0.25, -0.2) is 0 Å². The van der Waals surface area contributed by atoms with E-state index in [1.165, 1.54) is 24.0 Å². The monoisotopic (exact) mass is 189 g/mol. The van der Waals surface area contributed by atoms with Gasteiger partial charge in [-0.2, -0.15) is 0 Å². The van der Waals surface area contributed by atoms with E-state index in [1.54, 1.807) is 5.56 Å². The lowest BCUT2D eigenvalue weighted by atomic mass is 9.96. The predicted molar refractivity (Wildman–Crippen MR) is 60.6 cm³/mol. The van der Waals surface area contributed by atoms with Crippen LogP contribution in [0.15, 0.2) is 18.2 Å². The molecule has 0 radical (unpaired) electrons. The van der Waals surface area contributed by atoms with Crippen LogP contribution in [0.3, 0.4) is 0 Å². The summed E-state index contributed by atoms with van der Waals surface area (Å²) in [6.07, 6.45) is 2.51. The van der Waals surface area contributed by atoms with Crippen LogP contribution in [0.2, 0.25) is 0 Å². The molecule has 0 bridgehead atoms. The minimum Gasteiger partial charge on any atom is -0.313 e. The maximum atomic E-state index is 3.47. The fourth-order valence-corrected chi connectivity index (χ4v) is 2.04. The molecule has 1 aliphatic rings. The van der Waals surface area contributed by atoms with Crippen molar-refractivity contribution in [1.82, 2.24) is 5.32 Å². The Labute approximate surface area is 86.5 Å². The lowest BCUT2D eigenvalue weighted by Crippen LogP contribution is -2.12. The van der Waals surface area contributed by atoms with Gasteiger partial charge in [0.05, 0.1) is 0 Å². The molecule has 1 heteroatoms. The Morgan fingerprint density at radius 2 is 2.07 bits per heavy atom. The Bertz CT molecular complexity index is 315. The van der Waals surface area contributed by atoms with Gasteiger partial charge in [-0.1, -0.05) is 32.0 Å². The average molecular weight is 189 g/mol. The fourth-order valence-electron chi connectivity index (χ4n) is 2.04. The molecule has 14 heavy (non-hydrogen) atoms. The standard InChI is InChI=1S/C13H19N/c1-10(2)12-6-5-11-4-3-7-14-9-13(11)8-12/h5-6,8,10,14H,3-4,7,9H2,1-2H3. The Morgan fingerprint density at radius 3 is 2.86 bits per heavy atom. The van der Waals surface area contributed by atoms with Crippen LogP contribution < -0.4 is 5.32 Å². The van der Waals surface area contributed by atoms with Gasteiger partial charge < -0.3 is 5.32 Å². The van der Waals surface area contributed by atoms with Gasteiger partial charge >= 0.3 is 0 Å². The summed E-state index contributed by atoms with van der Waals surface area (Å²) in [7, 11) is 0. The summed E-state index contributed by atoms with van der Waals surface area (Å²) in [5.74, 6) is 0.642. The normalized spacial score (nSPS) is 16.5. The van der Waals surface area contributed by atoms with Gasteiger partial charge in [0.2, 0.25) is 0 Å². The van der Waals surface area contributed by atoms with Gasteiger partial charge in [-0.05, 0) is 42.0 Å². The minimum absolute atomic E-state index is 0.642. The van der Waals surface area contributed by atoms with E-state index < -0.39 is 0 Å². The van der Waals surface area contributed by atoms with E-state index in [1.807, 2.05) is 0 Å². The number of rotatable bonds is 1. The SMILES string of the molecule is CC(C)c1ccc2c(c1)CNCCC2. The summed E-state index contributed by atoms with van der Waals surface area (Å²) >= 11 is 0. The molecule has 0 saturated heterocycles. The molecule has 0 unspecified atom stereocenters. The number of nitrogens with one attached hydrogen (secondary N) is 1. The molecule has 0 spiro atoms. The molecule has 0 saturated carbocycles. The van der Waals surface area contributed by atoms with Crippen molar-refractivity contribution in [3.63, 3.8) is 0 Å². The van der Waals surface area contributed by atoms with Gasteiger partial charge in [-0.15, -0.1) is 0 Å². The first-order valence-electron chi connectivity index (χ1n) is 5.60. The Hall–Kier alpha value is -0.820. The van der Waals surface area contributed by atoms with Crippen molar-refractivity contribution in [2.45, 2.75) is 39.2 Å². The topological polar surface area (TPSA) is 12.0 Å². The van der Waals surface area contributed by atoms with Crippen molar-refractivity contribution in [2.24, 2.45) is 0 Å². The van der Waals surface area contributed by atoms with Crippen molar-refractivity contribution in [3.8, 4) is 0 Å². The molecule has 1 nitrogen and oxygen atoms in total. The molecule has 0 atom stereocenters. The summed E-state index contributed by atoms with van der Waals surface area (Å²) in [5.41, 5.74) is 4.51. The number of hydrogen-bond donors (Lipinski definition) is 1. The van der Waals surface area contributed by atoms with E-state index in [4.69, 9.17) is 0 Å². The Kier molecular flexibility index (Phi) is 2.87. The molecule has 1 aromatic rings. The molecular formula is C13H19N. The highest BCUT2D eigenvalue weighted by atomic mass is 14.8. The average Bonchev–Trinajstić information content (AvgIpc) is 2.41. The smallest absolute Gasteiger partial charge is 0.0208 e. The van der Waals surface area contributed by atoms with Crippen molar-refractivity contribution < 1.29 is 0 Å². The molecule has 0 amide bonds. The van der Waals surface area contributed by atoms with E-state index in [0.717, 1.165) is 13.1 Å². The summed E-state index contributed by atoms with van der Waals surface area (Å²) in [5, 5.41) is 3.47. The second kappa shape index (κ2) is 4.14. The van der Waals surface area contributed by atoms with Crippen LogP contribution in [-0.4, -0.2) is 6.54 Å². The first kappa shape index (κ1) is 9.72. The second-order valence-corrected chi connectivity index (χ2v) is 4.46. The highest BCUT2D eigenvalue weighted by Crippen LogP contribution is 2.21. The van der Waals surface area contributed by atoms with Crippen LogP contribution in [0.4, 0.5) is 0 Å². The zero-order valence-electron chi connectivity index (χ0n) is 9.14. The molecule has 0 fully saturated rings. The highest BCUT2D eigenvalue weighted by Gasteiger charge is 2.08. The summed E-state index contributed by atoms with van der Waals surface area (Å²) in [6.45, 7) is 6.72. The quantitative estimate of drug-likeness (QED) is 0.716. The predicted octanol–water partition coefficient (Wildman–Crippen LogP) is 2.85. The molecular weight excluding hydrogens is 170 g/mol.